The molecule has 150 valence electrons. The first-order valence-electron chi connectivity index (χ1n) is 9.42. The lowest BCUT2D eigenvalue weighted by atomic mass is 9.92. The lowest BCUT2D eigenvalue weighted by Gasteiger charge is -2.21. The number of methoxy groups -OCH3 is 1. The van der Waals surface area contributed by atoms with E-state index in [1.807, 2.05) is 6.92 Å². The number of nitrogens with zero attached hydrogens (tertiary/aromatic N) is 2. The number of aromatic nitrogens is 2. The molecule has 0 unspecified atom stereocenters. The smallest absolute Gasteiger partial charge is 0.257 e. The molecule has 0 amide bonds. The molecule has 2 N–H and O–H groups in total. The molecule has 1 aliphatic rings. The van der Waals surface area contributed by atoms with E-state index in [4.69, 9.17) is 9.72 Å². The molecule has 1 aromatic carbocycles. The molecular formula is C22H22N2O5. The van der Waals surface area contributed by atoms with E-state index in [0.29, 0.717) is 36.2 Å². The maximum Gasteiger partial charge on any atom is 0.257 e. The highest BCUT2D eigenvalue weighted by atomic mass is 16.5. The summed E-state index contributed by atoms with van der Waals surface area (Å²) >= 11 is 0. The summed E-state index contributed by atoms with van der Waals surface area (Å²) in [4.78, 5) is 29.5. The van der Waals surface area contributed by atoms with Crippen molar-refractivity contribution in [2.75, 3.05) is 7.11 Å². The molecular weight excluding hydrogens is 372 g/mol. The molecule has 0 spiro atoms. The number of benzene rings is 1. The van der Waals surface area contributed by atoms with Crippen LogP contribution < -0.4 is 5.56 Å². The third kappa shape index (κ3) is 2.85. The van der Waals surface area contributed by atoms with Gasteiger partial charge in [-0.05, 0) is 43.2 Å². The van der Waals surface area contributed by atoms with Crippen LogP contribution in [0.4, 0.5) is 0 Å². The first-order valence-corrected chi connectivity index (χ1v) is 9.42. The van der Waals surface area contributed by atoms with Crippen LogP contribution >= 0.6 is 0 Å². The highest BCUT2D eigenvalue weighted by Crippen LogP contribution is 2.38. The number of phenols is 1. The van der Waals surface area contributed by atoms with Crippen LogP contribution in [0.25, 0.3) is 22.3 Å². The summed E-state index contributed by atoms with van der Waals surface area (Å²) in [5.41, 5.74) is 2.20. The summed E-state index contributed by atoms with van der Waals surface area (Å²) < 4.78 is 6.77. The Hall–Kier alpha value is -3.03. The number of fused-ring (bicyclic) bond motifs is 4. The first-order chi connectivity index (χ1) is 13.8. The standard InChI is InChI=1S/C22H22N2O5/c1-4-13-14-7-12(26)5-6-18(14)23-20-15(13)9-24-19(20)8-17(22(2,28)11-25)16(10-29-3)21(24)27/h5-8,11,26,28H,4,9-10H2,1-3H3/t22-/m1/s1. The van der Waals surface area contributed by atoms with Crippen molar-refractivity contribution in [3.05, 3.63) is 56.9 Å². The van der Waals surface area contributed by atoms with Crippen LogP contribution in [0.5, 0.6) is 5.75 Å². The molecule has 0 bridgehead atoms. The van der Waals surface area contributed by atoms with Crippen molar-refractivity contribution < 1.29 is 19.7 Å². The Morgan fingerprint density at radius 3 is 2.72 bits per heavy atom. The predicted molar refractivity (Wildman–Crippen MR) is 108 cm³/mol. The van der Waals surface area contributed by atoms with E-state index in [-0.39, 0.29) is 29.0 Å². The number of hydrogen-bond donors (Lipinski definition) is 2. The highest BCUT2D eigenvalue weighted by Gasteiger charge is 2.33. The minimum Gasteiger partial charge on any atom is -0.508 e. The van der Waals surface area contributed by atoms with Crippen LogP contribution in [0.1, 0.15) is 36.1 Å². The van der Waals surface area contributed by atoms with Gasteiger partial charge in [-0.1, -0.05) is 6.92 Å². The SMILES string of the molecule is CCc1c2c(nc3ccc(O)cc13)-c1cc([C@](C)(O)C=O)c(COC)c(=O)n1C2. The lowest BCUT2D eigenvalue weighted by molar-refractivity contribution is -0.123. The van der Waals surface area contributed by atoms with Crippen molar-refractivity contribution >= 4 is 17.2 Å². The molecule has 0 radical (unpaired) electrons. The van der Waals surface area contributed by atoms with Crippen molar-refractivity contribution in [2.45, 2.75) is 39.0 Å². The Labute approximate surface area is 167 Å². The molecule has 1 atom stereocenters. The molecule has 0 aliphatic carbocycles. The number of hydrogen-bond acceptors (Lipinski definition) is 6. The maximum absolute atomic E-state index is 13.2. The number of carbonyl (C=O) groups is 1. The average molecular weight is 394 g/mol. The van der Waals surface area contributed by atoms with E-state index in [9.17, 15) is 19.8 Å². The minimum absolute atomic E-state index is 0.0152. The highest BCUT2D eigenvalue weighted by molar-refractivity contribution is 5.89. The summed E-state index contributed by atoms with van der Waals surface area (Å²) in [5.74, 6) is 0.160. The van der Waals surface area contributed by atoms with Gasteiger partial charge in [-0.2, -0.15) is 0 Å². The van der Waals surface area contributed by atoms with Gasteiger partial charge in [0.2, 0.25) is 0 Å². The van der Waals surface area contributed by atoms with Crippen LogP contribution in [0.2, 0.25) is 0 Å². The van der Waals surface area contributed by atoms with E-state index in [1.54, 1.807) is 28.8 Å². The zero-order valence-corrected chi connectivity index (χ0v) is 16.5. The number of carbonyl (C=O) groups excluding carboxylic acids is 1. The second kappa shape index (κ2) is 6.79. The maximum atomic E-state index is 13.2. The second-order valence-electron chi connectivity index (χ2n) is 7.48. The Kier molecular flexibility index (Phi) is 4.52. The molecule has 0 fully saturated rings. The van der Waals surface area contributed by atoms with Crippen molar-refractivity contribution in [2.24, 2.45) is 0 Å². The molecule has 4 rings (SSSR count). The molecule has 0 saturated heterocycles. The average Bonchev–Trinajstić information content (AvgIpc) is 3.06. The van der Waals surface area contributed by atoms with Gasteiger partial charge in [0.15, 0.2) is 6.29 Å². The van der Waals surface area contributed by atoms with Crippen molar-refractivity contribution in [1.29, 1.82) is 0 Å². The monoisotopic (exact) mass is 394 g/mol. The zero-order valence-electron chi connectivity index (χ0n) is 16.5. The number of rotatable bonds is 5. The molecule has 3 heterocycles. The van der Waals surface area contributed by atoms with E-state index in [2.05, 4.69) is 0 Å². The second-order valence-corrected chi connectivity index (χ2v) is 7.48. The Morgan fingerprint density at radius 2 is 2.07 bits per heavy atom. The number of aliphatic hydroxyl groups is 1. The number of aryl methyl sites for hydroxylation is 1. The Morgan fingerprint density at radius 1 is 1.31 bits per heavy atom. The number of ether oxygens (including phenoxy) is 1. The van der Waals surface area contributed by atoms with Crippen molar-refractivity contribution in [3.8, 4) is 17.1 Å². The quantitative estimate of drug-likeness (QED) is 0.504. The van der Waals surface area contributed by atoms with E-state index >= 15 is 0 Å². The number of pyridine rings is 2. The van der Waals surface area contributed by atoms with Gasteiger partial charge in [0, 0.05) is 29.2 Å². The first kappa shape index (κ1) is 19.3. The number of aromatic hydroxyl groups is 1. The van der Waals surface area contributed by atoms with Crippen molar-refractivity contribution in [1.82, 2.24) is 9.55 Å². The van der Waals surface area contributed by atoms with Crippen LogP contribution in [0.15, 0.2) is 29.1 Å². The summed E-state index contributed by atoms with van der Waals surface area (Å²) in [6.45, 7) is 3.70. The van der Waals surface area contributed by atoms with Crippen LogP contribution in [0, 0.1) is 0 Å². The normalized spacial score (nSPS) is 14.5. The minimum atomic E-state index is -1.82. The molecule has 29 heavy (non-hydrogen) atoms. The molecule has 1 aliphatic heterocycles. The molecule has 7 heteroatoms. The molecule has 2 aromatic heterocycles. The fourth-order valence-corrected chi connectivity index (χ4v) is 4.14. The van der Waals surface area contributed by atoms with Crippen LogP contribution in [-0.4, -0.2) is 33.2 Å². The Balaban J connectivity index is 2.06. The summed E-state index contributed by atoms with van der Waals surface area (Å²) in [6, 6.07) is 6.67. The van der Waals surface area contributed by atoms with Gasteiger partial charge in [-0.25, -0.2) is 4.98 Å². The van der Waals surface area contributed by atoms with Crippen molar-refractivity contribution in [3.63, 3.8) is 0 Å². The molecule has 3 aromatic rings. The summed E-state index contributed by atoms with van der Waals surface area (Å²) in [7, 11) is 1.46. The van der Waals surface area contributed by atoms with Gasteiger partial charge in [-0.3, -0.25) is 9.59 Å². The number of aldehydes is 1. The summed E-state index contributed by atoms with van der Waals surface area (Å²) in [5, 5.41) is 21.3. The number of phenolic OH excluding ortho intramolecular Hbond substituents is 1. The van der Waals surface area contributed by atoms with Gasteiger partial charge in [0.1, 0.15) is 11.4 Å². The fraction of sp³-hybridized carbons (Fsp3) is 0.318. The summed E-state index contributed by atoms with van der Waals surface area (Å²) in [6.07, 6.45) is 1.12. The van der Waals surface area contributed by atoms with Crippen LogP contribution in [-0.2, 0) is 34.7 Å². The topological polar surface area (TPSA) is 102 Å². The lowest BCUT2D eigenvalue weighted by Crippen LogP contribution is -2.32. The predicted octanol–water partition coefficient (Wildman–Crippen LogP) is 2.25. The third-order valence-corrected chi connectivity index (χ3v) is 5.56. The van der Waals surface area contributed by atoms with E-state index < -0.39 is 5.60 Å². The third-order valence-electron chi connectivity index (χ3n) is 5.56. The molecule has 7 nitrogen and oxygen atoms in total. The Bertz CT molecular complexity index is 1210. The van der Waals surface area contributed by atoms with Gasteiger partial charge >= 0.3 is 0 Å². The van der Waals surface area contributed by atoms with Gasteiger partial charge in [0.05, 0.1) is 30.1 Å². The van der Waals surface area contributed by atoms with E-state index in [0.717, 1.165) is 16.5 Å². The van der Waals surface area contributed by atoms with Gasteiger partial charge < -0.3 is 19.5 Å². The zero-order chi connectivity index (χ0) is 20.9. The van der Waals surface area contributed by atoms with E-state index in [1.165, 1.54) is 14.0 Å². The van der Waals surface area contributed by atoms with Gasteiger partial charge in [0.25, 0.3) is 5.56 Å². The van der Waals surface area contributed by atoms with Gasteiger partial charge in [-0.15, -0.1) is 0 Å². The molecule has 0 saturated carbocycles. The largest absolute Gasteiger partial charge is 0.508 e. The van der Waals surface area contributed by atoms with Crippen LogP contribution in [0.3, 0.4) is 0 Å². The fourth-order valence-electron chi connectivity index (χ4n) is 4.14.